The van der Waals surface area contributed by atoms with Crippen molar-refractivity contribution in [1.29, 1.82) is 0 Å². The van der Waals surface area contributed by atoms with Crippen molar-refractivity contribution in [1.82, 2.24) is 9.80 Å². The predicted octanol–water partition coefficient (Wildman–Crippen LogP) is 0.720. The molecule has 0 bridgehead atoms. The fraction of sp³-hybridized carbons (Fsp3) is 0.923. The zero-order valence-electron chi connectivity index (χ0n) is 10.7. The molecule has 0 aromatic heterocycles. The summed E-state index contributed by atoms with van der Waals surface area (Å²) in [5.41, 5.74) is 0.461. The van der Waals surface area contributed by atoms with E-state index in [-0.39, 0.29) is 0 Å². The number of carbonyl (C=O) groups excluding carboxylic acids is 1. The number of hydrogen-bond donors (Lipinski definition) is 0. The molecule has 0 N–H and O–H groups in total. The molecule has 3 heterocycles. The van der Waals surface area contributed by atoms with Gasteiger partial charge in [0.25, 0.3) is 0 Å². The Labute approximate surface area is 103 Å². The predicted molar refractivity (Wildman–Crippen MR) is 64.7 cm³/mol. The smallest absolute Gasteiger partial charge is 0.222 e. The summed E-state index contributed by atoms with van der Waals surface area (Å²) < 4.78 is 5.39. The molecule has 17 heavy (non-hydrogen) atoms. The number of rotatable bonds is 2. The van der Waals surface area contributed by atoms with Crippen LogP contribution in [-0.4, -0.2) is 61.1 Å². The van der Waals surface area contributed by atoms with Crippen LogP contribution in [0.4, 0.5) is 0 Å². The third-order valence-electron chi connectivity index (χ3n) is 4.49. The van der Waals surface area contributed by atoms with Crippen molar-refractivity contribution in [3.63, 3.8) is 0 Å². The summed E-state index contributed by atoms with van der Waals surface area (Å²) in [7, 11) is 0. The van der Waals surface area contributed by atoms with Gasteiger partial charge in [-0.05, 0) is 12.8 Å². The molecule has 3 fully saturated rings. The summed E-state index contributed by atoms with van der Waals surface area (Å²) in [6.45, 7) is 8.20. The van der Waals surface area contributed by atoms with Gasteiger partial charge in [-0.15, -0.1) is 0 Å². The van der Waals surface area contributed by atoms with Crippen molar-refractivity contribution in [2.75, 3.05) is 39.4 Å². The van der Waals surface area contributed by atoms with Gasteiger partial charge in [-0.1, -0.05) is 6.92 Å². The number of carbonyl (C=O) groups is 1. The highest BCUT2D eigenvalue weighted by Gasteiger charge is 2.53. The normalized spacial score (nSPS) is 28.9. The van der Waals surface area contributed by atoms with E-state index in [4.69, 9.17) is 4.74 Å². The first-order valence-electron chi connectivity index (χ1n) is 6.82. The van der Waals surface area contributed by atoms with E-state index >= 15 is 0 Å². The quantitative estimate of drug-likeness (QED) is 0.710. The molecular formula is C13H22N2O2. The molecule has 0 radical (unpaired) electrons. The van der Waals surface area contributed by atoms with Crippen molar-refractivity contribution >= 4 is 5.91 Å². The van der Waals surface area contributed by atoms with Crippen molar-refractivity contribution in [2.45, 2.75) is 32.2 Å². The van der Waals surface area contributed by atoms with Crippen LogP contribution < -0.4 is 0 Å². The van der Waals surface area contributed by atoms with Crippen LogP contribution in [0.5, 0.6) is 0 Å². The second-order valence-corrected chi connectivity index (χ2v) is 5.85. The lowest BCUT2D eigenvalue weighted by Crippen LogP contribution is -2.74. The molecule has 0 atom stereocenters. The first kappa shape index (κ1) is 11.5. The van der Waals surface area contributed by atoms with Gasteiger partial charge in [-0.2, -0.15) is 0 Å². The van der Waals surface area contributed by atoms with E-state index in [1.807, 2.05) is 11.8 Å². The Morgan fingerprint density at radius 2 is 1.88 bits per heavy atom. The average Bonchev–Trinajstić information content (AvgIpc) is 2.26. The monoisotopic (exact) mass is 238 g/mol. The molecule has 0 unspecified atom stereocenters. The van der Waals surface area contributed by atoms with E-state index < -0.39 is 0 Å². The van der Waals surface area contributed by atoms with Gasteiger partial charge in [-0.25, -0.2) is 0 Å². The molecule has 0 aromatic rings. The maximum Gasteiger partial charge on any atom is 0.222 e. The Morgan fingerprint density at radius 3 is 2.47 bits per heavy atom. The fourth-order valence-electron chi connectivity index (χ4n) is 3.49. The Balaban J connectivity index is 1.44. The van der Waals surface area contributed by atoms with Gasteiger partial charge >= 0.3 is 0 Å². The van der Waals surface area contributed by atoms with Crippen molar-refractivity contribution < 1.29 is 9.53 Å². The molecule has 4 heteroatoms. The van der Waals surface area contributed by atoms with Crippen molar-refractivity contribution in [2.24, 2.45) is 5.41 Å². The number of nitrogens with zero attached hydrogens (tertiary/aromatic N) is 2. The Kier molecular flexibility index (Phi) is 2.87. The van der Waals surface area contributed by atoms with Crippen LogP contribution in [0.3, 0.4) is 0 Å². The molecule has 3 rings (SSSR count). The largest absolute Gasteiger partial charge is 0.381 e. The maximum atomic E-state index is 11.5. The summed E-state index contributed by atoms with van der Waals surface area (Å²) in [5.74, 6) is 0.320. The second-order valence-electron chi connectivity index (χ2n) is 5.85. The lowest BCUT2D eigenvalue weighted by Gasteiger charge is -2.62. The summed E-state index contributed by atoms with van der Waals surface area (Å²) >= 11 is 0. The van der Waals surface area contributed by atoms with E-state index in [0.717, 1.165) is 32.3 Å². The third-order valence-corrected chi connectivity index (χ3v) is 4.49. The van der Waals surface area contributed by atoms with E-state index in [2.05, 4.69) is 4.90 Å². The van der Waals surface area contributed by atoms with Crippen LogP contribution in [0.1, 0.15) is 26.2 Å². The van der Waals surface area contributed by atoms with Crippen LogP contribution in [-0.2, 0) is 9.53 Å². The highest BCUT2D eigenvalue weighted by molar-refractivity contribution is 5.77. The van der Waals surface area contributed by atoms with Gasteiger partial charge in [0.15, 0.2) is 0 Å². The maximum absolute atomic E-state index is 11.5. The number of hydrogen-bond acceptors (Lipinski definition) is 3. The van der Waals surface area contributed by atoms with Crippen molar-refractivity contribution in [3.8, 4) is 0 Å². The first-order chi connectivity index (χ1) is 8.22. The van der Waals surface area contributed by atoms with Crippen LogP contribution >= 0.6 is 0 Å². The molecule has 3 saturated heterocycles. The van der Waals surface area contributed by atoms with Gasteiger partial charge in [0.1, 0.15) is 0 Å². The van der Waals surface area contributed by atoms with Gasteiger partial charge in [0, 0.05) is 57.3 Å². The molecule has 4 nitrogen and oxygen atoms in total. The lowest BCUT2D eigenvalue weighted by atomic mass is 9.71. The molecule has 1 amide bonds. The highest BCUT2D eigenvalue weighted by atomic mass is 16.5. The summed E-state index contributed by atoms with van der Waals surface area (Å²) in [4.78, 5) is 16.1. The van der Waals surface area contributed by atoms with E-state index in [0.29, 0.717) is 17.7 Å². The SMILES string of the molecule is CCC(=O)N1CC2(C1)CN(C1CCOCC1)C2. The van der Waals surface area contributed by atoms with Crippen LogP contribution in [0.2, 0.25) is 0 Å². The minimum atomic E-state index is 0.320. The number of amides is 1. The minimum Gasteiger partial charge on any atom is -0.381 e. The van der Waals surface area contributed by atoms with Crippen LogP contribution in [0.25, 0.3) is 0 Å². The molecule has 96 valence electrons. The van der Waals surface area contributed by atoms with Gasteiger partial charge in [0.2, 0.25) is 5.91 Å². The third kappa shape index (κ3) is 1.97. The second kappa shape index (κ2) is 4.25. The molecule has 3 aliphatic rings. The Bertz CT molecular complexity index is 299. The molecule has 3 aliphatic heterocycles. The standard InChI is InChI=1S/C13H22N2O2/c1-2-12(16)15-9-13(10-15)7-14(8-13)11-3-5-17-6-4-11/h11H,2-10H2,1H3. The molecular weight excluding hydrogens is 216 g/mol. The molecule has 1 spiro atoms. The van der Waals surface area contributed by atoms with Crippen LogP contribution in [0.15, 0.2) is 0 Å². The minimum absolute atomic E-state index is 0.320. The zero-order valence-corrected chi connectivity index (χ0v) is 10.7. The highest BCUT2D eigenvalue weighted by Crippen LogP contribution is 2.41. The average molecular weight is 238 g/mol. The topological polar surface area (TPSA) is 32.8 Å². The lowest BCUT2D eigenvalue weighted by molar-refractivity contribution is -0.166. The summed E-state index contributed by atoms with van der Waals surface area (Å²) in [6, 6.07) is 0.741. The van der Waals surface area contributed by atoms with Crippen molar-refractivity contribution in [3.05, 3.63) is 0 Å². The summed E-state index contributed by atoms with van der Waals surface area (Å²) in [5, 5.41) is 0. The first-order valence-corrected chi connectivity index (χ1v) is 6.82. The van der Waals surface area contributed by atoms with E-state index in [9.17, 15) is 4.79 Å². The van der Waals surface area contributed by atoms with Gasteiger partial charge < -0.3 is 9.64 Å². The fourth-order valence-corrected chi connectivity index (χ4v) is 3.49. The van der Waals surface area contributed by atoms with Crippen LogP contribution in [0, 0.1) is 5.41 Å². The zero-order chi connectivity index (χ0) is 11.9. The van der Waals surface area contributed by atoms with Gasteiger partial charge in [-0.3, -0.25) is 9.69 Å². The Morgan fingerprint density at radius 1 is 1.24 bits per heavy atom. The van der Waals surface area contributed by atoms with Gasteiger partial charge in [0.05, 0.1) is 0 Å². The molecule has 0 aromatic carbocycles. The summed E-state index contributed by atoms with van der Waals surface area (Å²) in [6.07, 6.45) is 3.03. The Hall–Kier alpha value is -0.610. The molecule has 0 saturated carbocycles. The number of ether oxygens (including phenoxy) is 1. The van der Waals surface area contributed by atoms with E-state index in [1.54, 1.807) is 0 Å². The molecule has 0 aliphatic carbocycles. The van der Waals surface area contributed by atoms with E-state index in [1.165, 1.54) is 25.9 Å². The number of likely N-dealkylation sites (tertiary alicyclic amines) is 2.